The number of carboxylic acids is 2. The third-order valence-electron chi connectivity index (χ3n) is 12.1. The Kier molecular flexibility index (Phi) is 35.5. The summed E-state index contributed by atoms with van der Waals surface area (Å²) >= 11 is 0. The lowest BCUT2D eigenvalue weighted by Gasteiger charge is -2.40. The number of hydrogen-bond acceptors (Lipinski definition) is 21. The molecule has 0 radical (unpaired) electrons. The van der Waals surface area contributed by atoms with Gasteiger partial charge in [-0.05, 0) is 57.1 Å². The number of unbranched alkanes of at least 4 members (excludes halogenated alkanes) is 4. The van der Waals surface area contributed by atoms with Gasteiger partial charge in [-0.2, -0.15) is 0 Å². The molecule has 0 saturated heterocycles. The maximum atomic E-state index is 13.5. The summed E-state index contributed by atoms with van der Waals surface area (Å²) in [4.78, 5) is 97.2. The second kappa shape index (κ2) is 40.7. The average Bonchev–Trinajstić information content (AvgIpc) is 3.62. The van der Waals surface area contributed by atoms with E-state index >= 15 is 0 Å². The fraction of sp³-hybridized carbons (Fsp3) is 0.740. The molecule has 0 aromatic carbocycles. The molecule has 18 N–H and O–H groups in total. The summed E-state index contributed by atoms with van der Waals surface area (Å²) < 4.78 is 44.6. The molecule has 32 heteroatoms. The molecule has 0 unspecified atom stereocenters. The van der Waals surface area contributed by atoms with E-state index in [-0.39, 0.29) is 38.6 Å². The van der Waals surface area contributed by atoms with Crippen LogP contribution in [0.3, 0.4) is 0 Å². The van der Waals surface area contributed by atoms with Crippen molar-refractivity contribution in [3.05, 3.63) is 23.7 Å². The van der Waals surface area contributed by atoms with Gasteiger partial charge in [0.15, 0.2) is 24.1 Å². The monoisotopic (exact) mass is 1180 g/mol. The first-order valence-corrected chi connectivity index (χ1v) is 27.0. The molecule has 32 nitrogen and oxygen atoms in total. The summed E-state index contributed by atoms with van der Waals surface area (Å²) in [5.41, 5.74) is 22.2. The molecule has 10 atom stereocenters. The minimum absolute atomic E-state index is 0.0888. The van der Waals surface area contributed by atoms with Gasteiger partial charge in [-0.3, -0.25) is 24.0 Å². The third-order valence-corrected chi connectivity index (χ3v) is 12.1. The number of hydrogen-bond donors (Lipinski definition) is 14. The van der Waals surface area contributed by atoms with Gasteiger partial charge >= 0.3 is 11.9 Å². The number of nitrogens with one attached hydrogen (secondary N) is 4. The zero-order valence-electron chi connectivity index (χ0n) is 46.9. The molecule has 2 heterocycles. The van der Waals surface area contributed by atoms with E-state index in [1.54, 1.807) is 4.90 Å². The number of amides is 5. The maximum Gasteiger partial charge on any atom is 0.370 e. The van der Waals surface area contributed by atoms with Crippen LogP contribution in [0.4, 0.5) is 0 Å². The summed E-state index contributed by atoms with van der Waals surface area (Å²) in [5, 5.41) is 71.0. The number of aliphatic hydroxyl groups is 4. The normalized spacial score (nSPS) is 19.9. The van der Waals surface area contributed by atoms with E-state index in [2.05, 4.69) is 31.3 Å². The molecule has 2 aliphatic heterocycles. The van der Waals surface area contributed by atoms with Crippen molar-refractivity contribution in [2.45, 2.75) is 133 Å². The summed E-state index contributed by atoms with van der Waals surface area (Å²) in [6.45, 7) is 5.44. The quantitative estimate of drug-likeness (QED) is 0.0154. The Labute approximate surface area is 475 Å². The topological polar surface area (TPSA) is 495 Å². The number of carbonyl (C=O) groups excluding carboxylic acids is 5. The number of aliphatic hydroxyl groups excluding tert-OH is 4. The lowest BCUT2D eigenvalue weighted by Crippen LogP contribution is -2.60. The van der Waals surface area contributed by atoms with Crippen molar-refractivity contribution < 1.29 is 102 Å². The second-order valence-electron chi connectivity index (χ2n) is 18.8. The Morgan fingerprint density at radius 2 is 0.976 bits per heavy atom. The molecule has 82 heavy (non-hydrogen) atoms. The molecule has 0 aromatic heterocycles. The average molecular weight is 1180 g/mol. The van der Waals surface area contributed by atoms with Gasteiger partial charge in [0.05, 0.1) is 90.1 Å². The number of ether oxygens (including phenoxy) is 8. The van der Waals surface area contributed by atoms with Crippen LogP contribution in [-0.2, 0) is 71.5 Å². The summed E-state index contributed by atoms with van der Waals surface area (Å²) in [6, 6.07) is -4.79. The van der Waals surface area contributed by atoms with Crippen LogP contribution in [0.25, 0.3) is 0 Å². The molecule has 2 aliphatic rings. The van der Waals surface area contributed by atoms with Gasteiger partial charge in [0, 0.05) is 46.6 Å². The highest BCUT2D eigenvalue weighted by Gasteiger charge is 2.47. The van der Waals surface area contributed by atoms with Gasteiger partial charge in [-0.15, -0.1) is 0 Å². The molecule has 0 aromatic rings. The smallest absolute Gasteiger partial charge is 0.370 e. The first-order valence-electron chi connectivity index (χ1n) is 27.0. The number of carbonyl (C=O) groups is 7. The first kappa shape index (κ1) is 71.6. The van der Waals surface area contributed by atoms with E-state index < -0.39 is 146 Å². The van der Waals surface area contributed by atoms with Crippen molar-refractivity contribution in [1.82, 2.24) is 26.2 Å². The number of aliphatic imine (C=N–C) groups is 2. The lowest BCUT2D eigenvalue weighted by atomic mass is 9.92. The Hall–Kier alpha value is -6.49. The highest BCUT2D eigenvalue weighted by atomic mass is 16.6. The Bertz CT molecular complexity index is 1970. The molecule has 2 rings (SSSR count). The van der Waals surface area contributed by atoms with Crippen LogP contribution in [0.15, 0.2) is 33.7 Å². The van der Waals surface area contributed by atoms with Gasteiger partial charge in [0.25, 0.3) is 0 Å². The Morgan fingerprint density at radius 3 is 1.32 bits per heavy atom. The van der Waals surface area contributed by atoms with Crippen LogP contribution in [-0.4, -0.2) is 255 Å². The van der Waals surface area contributed by atoms with Crippen molar-refractivity contribution >= 4 is 53.4 Å². The molecule has 5 amide bonds. The van der Waals surface area contributed by atoms with Gasteiger partial charge in [0.1, 0.15) is 37.6 Å². The van der Waals surface area contributed by atoms with Crippen molar-refractivity contribution in [3.8, 4) is 0 Å². The summed E-state index contributed by atoms with van der Waals surface area (Å²) in [6.07, 6.45) is -3.22. The summed E-state index contributed by atoms with van der Waals surface area (Å²) in [5.74, 6) is -7.82. The number of guanidine groups is 2. The van der Waals surface area contributed by atoms with Gasteiger partial charge < -0.3 is 118 Å². The predicted octanol–water partition coefficient (Wildman–Crippen LogP) is -5.24. The molecule has 468 valence electrons. The van der Waals surface area contributed by atoms with Crippen molar-refractivity contribution in [2.75, 3.05) is 105 Å². The van der Waals surface area contributed by atoms with Crippen LogP contribution < -0.4 is 44.2 Å². The van der Waals surface area contributed by atoms with Crippen LogP contribution in [0, 0.1) is 0 Å². The highest BCUT2D eigenvalue weighted by Crippen LogP contribution is 2.28. The SMILES string of the molecule is CCCOCCOCCOCCOCCC(=O)N(CCCCCNC(=O)CO[C@@H]([C@@H]1OC(C(=O)O)=C[C@H](N=C(N)N)[C@H]1NC(C)=O)[C@H](O)CO)CCCCCNC(=O)CO[C@@H]([C@@H]1OC(C(=O)O)=C[C@H](N=C(N)N)[C@H]1NC(C)=O)[C@H](O)CO. The van der Waals surface area contributed by atoms with Gasteiger partial charge in [-0.25, -0.2) is 19.6 Å². The number of rotatable bonds is 44. The summed E-state index contributed by atoms with van der Waals surface area (Å²) in [7, 11) is 0. The molecular weight excluding hydrogens is 1090 g/mol. The van der Waals surface area contributed by atoms with E-state index in [4.69, 9.17) is 60.8 Å². The number of nitrogens with zero attached hydrogens (tertiary/aromatic N) is 3. The molecular formula is C50H87N11O21. The zero-order chi connectivity index (χ0) is 61.0. The minimum Gasteiger partial charge on any atom is -0.478 e. The van der Waals surface area contributed by atoms with E-state index in [1.807, 2.05) is 6.92 Å². The van der Waals surface area contributed by atoms with E-state index in [9.17, 15) is 64.2 Å². The van der Waals surface area contributed by atoms with Crippen LogP contribution in [0.5, 0.6) is 0 Å². The standard InChI is InChI=1S/C50H87N11O21/c1-4-16-75-18-20-77-22-23-78-21-19-76-17-11-40(70)61(14-9-5-7-12-55-38(68)28-79-43(34(66)26-62)45-41(57-30(2)64)32(59-49(51)52)24-36(81-45)47(71)72)15-10-6-8-13-56-39(69)29-80-44(35(67)27-63)46-42(58-31(3)65)33(60-50(53)54)25-37(82-46)48(73)74/h24-25,32-35,41-46,62-63,66-67H,4-23,26-29H2,1-3H3,(H,55,68)(H,56,69)(H,57,64)(H,58,65)(H,71,72)(H,73,74)(H4,51,52,59)(H4,53,54,60)/t32-,33-,34+,35+,41+,42+,43+,44+,45+,46+/m0/s1. The predicted molar refractivity (Wildman–Crippen MR) is 290 cm³/mol. The molecule has 0 bridgehead atoms. The van der Waals surface area contributed by atoms with E-state index in [1.165, 1.54) is 13.8 Å². The first-order chi connectivity index (χ1) is 39.1. The van der Waals surface area contributed by atoms with E-state index in [0.29, 0.717) is 91.3 Å². The maximum absolute atomic E-state index is 13.5. The Morgan fingerprint density at radius 1 is 0.598 bits per heavy atom. The van der Waals surface area contributed by atoms with Crippen molar-refractivity contribution in [1.29, 1.82) is 0 Å². The van der Waals surface area contributed by atoms with Gasteiger partial charge in [-0.1, -0.05) is 6.92 Å². The van der Waals surface area contributed by atoms with Crippen LogP contribution in [0.2, 0.25) is 0 Å². The molecule has 0 aliphatic carbocycles. The fourth-order valence-electron chi connectivity index (χ4n) is 8.35. The number of carboxylic acid groups (broad SMARTS) is 2. The minimum atomic E-state index is -1.72. The van der Waals surface area contributed by atoms with Gasteiger partial charge in [0.2, 0.25) is 41.1 Å². The van der Waals surface area contributed by atoms with Crippen LogP contribution >= 0.6 is 0 Å². The highest BCUT2D eigenvalue weighted by molar-refractivity contribution is 5.86. The largest absolute Gasteiger partial charge is 0.478 e. The Balaban J connectivity index is 1.98. The van der Waals surface area contributed by atoms with Crippen molar-refractivity contribution in [2.24, 2.45) is 32.9 Å². The molecule has 0 spiro atoms. The lowest BCUT2D eigenvalue weighted by molar-refractivity contribution is -0.158. The van der Waals surface area contributed by atoms with E-state index in [0.717, 1.165) is 18.6 Å². The fourth-order valence-corrected chi connectivity index (χ4v) is 8.35. The van der Waals surface area contributed by atoms with Crippen LogP contribution in [0.1, 0.15) is 72.1 Å². The molecule has 0 saturated carbocycles. The third kappa shape index (κ3) is 28.5. The number of aliphatic carboxylic acids is 2. The van der Waals surface area contributed by atoms with Crippen molar-refractivity contribution in [3.63, 3.8) is 0 Å². The molecule has 0 fully saturated rings. The number of nitrogens with two attached hydrogens (primary N) is 4. The second-order valence-corrected chi connectivity index (χ2v) is 18.8. The zero-order valence-corrected chi connectivity index (χ0v) is 46.9.